The number of benzene rings is 1. The molecule has 1 aromatic carbocycles. The summed E-state index contributed by atoms with van der Waals surface area (Å²) < 4.78 is 20.0. The van der Waals surface area contributed by atoms with Gasteiger partial charge in [0.15, 0.2) is 5.78 Å². The Labute approximate surface area is 205 Å². The van der Waals surface area contributed by atoms with E-state index >= 15 is 0 Å². The van der Waals surface area contributed by atoms with Gasteiger partial charge in [-0.15, -0.1) is 0 Å². The zero-order valence-electron chi connectivity index (χ0n) is 20.3. The summed E-state index contributed by atoms with van der Waals surface area (Å²) >= 11 is 0. The highest BCUT2D eigenvalue weighted by molar-refractivity contribution is 5.92. The molecule has 0 saturated heterocycles. The van der Waals surface area contributed by atoms with Crippen molar-refractivity contribution in [2.45, 2.75) is 59.0 Å². The predicted octanol–water partition coefficient (Wildman–Crippen LogP) is 5.35. The minimum atomic E-state index is -0.682. The first-order valence-corrected chi connectivity index (χ1v) is 12.4. The van der Waals surface area contributed by atoms with Crippen LogP contribution < -0.4 is 0 Å². The van der Waals surface area contributed by atoms with Crippen molar-refractivity contribution < 1.29 is 23.5 Å². The molecule has 4 aliphatic carbocycles. The van der Waals surface area contributed by atoms with E-state index in [1.54, 1.807) is 19.1 Å². The second-order valence-corrected chi connectivity index (χ2v) is 11.3. The second kappa shape index (κ2) is 8.26. The first-order chi connectivity index (χ1) is 16.6. The number of nitriles is 1. The second-order valence-electron chi connectivity index (χ2n) is 11.3. The van der Waals surface area contributed by atoms with Gasteiger partial charge >= 0.3 is 5.97 Å². The lowest BCUT2D eigenvalue weighted by molar-refractivity contribution is -0.135. The number of Topliss-reactive ketones (excluding diaryl/α,β-unsaturated/α-hetero) is 1. The summed E-state index contributed by atoms with van der Waals surface area (Å²) in [5.74, 6) is -0.701. The van der Waals surface area contributed by atoms with Crippen LogP contribution in [0.15, 0.2) is 42.0 Å². The van der Waals surface area contributed by atoms with Crippen LogP contribution in [0.4, 0.5) is 4.39 Å². The Kier molecular flexibility index (Phi) is 5.58. The molecule has 2 saturated carbocycles. The van der Waals surface area contributed by atoms with E-state index in [4.69, 9.17) is 4.74 Å². The van der Waals surface area contributed by atoms with Gasteiger partial charge in [-0.1, -0.05) is 26.0 Å². The molecule has 5 rings (SSSR count). The van der Waals surface area contributed by atoms with E-state index in [-0.39, 0.29) is 51.3 Å². The average Bonchev–Trinajstić information content (AvgIpc) is 3.16. The molecular weight excluding hydrogens is 445 g/mol. The fourth-order valence-electron chi connectivity index (χ4n) is 7.81. The average molecular weight is 476 g/mol. The Balaban J connectivity index is 1.56. The van der Waals surface area contributed by atoms with Crippen molar-refractivity contribution >= 4 is 17.5 Å². The quantitative estimate of drug-likeness (QED) is 0.551. The molecule has 182 valence electrons. The van der Waals surface area contributed by atoms with Crippen LogP contribution in [0.25, 0.3) is 0 Å². The molecule has 4 aliphatic rings. The smallest absolute Gasteiger partial charge is 0.338 e. The third-order valence-corrected chi connectivity index (χ3v) is 9.50. The zero-order chi connectivity index (χ0) is 25.1. The molecule has 0 bridgehead atoms. The SMILES string of the molecule is CC(=O)[C@H]1CC[C@H]2[C@@H]3C=CC4=CC(=O)CC[C@@]4(C)[C@@H]3[C@@H](OC(=O)c3ccc(F)c(C#N)c3)C[C@]12C. The number of ether oxygens (including phenoxy) is 1. The normalized spacial score (nSPS) is 37.4. The maximum absolute atomic E-state index is 13.8. The van der Waals surface area contributed by atoms with Crippen molar-refractivity contribution in [1.29, 1.82) is 5.26 Å². The first-order valence-electron chi connectivity index (χ1n) is 12.4. The van der Waals surface area contributed by atoms with Gasteiger partial charge in [0.1, 0.15) is 23.8 Å². The lowest BCUT2D eigenvalue weighted by Crippen LogP contribution is -2.56. The summed E-state index contributed by atoms with van der Waals surface area (Å²) in [6, 6.07) is 5.44. The number of allylic oxidation sites excluding steroid dienone is 4. The van der Waals surface area contributed by atoms with E-state index in [2.05, 4.69) is 26.0 Å². The van der Waals surface area contributed by atoms with Crippen LogP contribution in [0.2, 0.25) is 0 Å². The standard InChI is InChI=1S/C29H30FNO4/c1-16(32)22-7-8-23-21-6-5-19-13-20(33)10-11-28(19,2)26(21)25(14-29(22,23)3)35-27(34)17-4-9-24(30)18(12-17)15-31/h4-6,9,12-13,21-23,25-26H,7-8,10-11,14H2,1-3H3/t21-,22+,23-,25-,26-,28+,29+/m0/s1. The number of ketones is 2. The fourth-order valence-corrected chi connectivity index (χ4v) is 7.81. The monoisotopic (exact) mass is 475 g/mol. The topological polar surface area (TPSA) is 84.2 Å². The Morgan fingerprint density at radius 2 is 2.00 bits per heavy atom. The summed E-state index contributed by atoms with van der Waals surface area (Å²) in [7, 11) is 0. The lowest BCUT2D eigenvalue weighted by atomic mass is 9.47. The molecular formula is C29H30FNO4. The number of hydrogen-bond donors (Lipinski definition) is 0. The highest BCUT2D eigenvalue weighted by Crippen LogP contribution is 2.65. The molecule has 0 N–H and O–H groups in total. The van der Waals surface area contributed by atoms with E-state index in [0.717, 1.165) is 24.5 Å². The van der Waals surface area contributed by atoms with Gasteiger partial charge in [0.05, 0.1) is 11.1 Å². The molecule has 0 unspecified atom stereocenters. The summed E-state index contributed by atoms with van der Waals surface area (Å²) in [6.45, 7) is 5.98. The number of nitrogens with zero attached hydrogens (tertiary/aromatic N) is 1. The van der Waals surface area contributed by atoms with Crippen LogP contribution in [0.5, 0.6) is 0 Å². The van der Waals surface area contributed by atoms with Crippen molar-refractivity contribution in [3.8, 4) is 6.07 Å². The van der Waals surface area contributed by atoms with Gasteiger partial charge in [-0.05, 0) is 85.1 Å². The number of halogens is 1. The van der Waals surface area contributed by atoms with Crippen molar-refractivity contribution in [2.24, 2.45) is 34.5 Å². The van der Waals surface area contributed by atoms with Gasteiger partial charge < -0.3 is 4.74 Å². The number of esters is 1. The number of carbonyl (C=O) groups is 3. The fraction of sp³-hybridized carbons (Fsp3) is 0.517. The molecule has 0 heterocycles. The van der Waals surface area contributed by atoms with Crippen molar-refractivity contribution in [3.63, 3.8) is 0 Å². The maximum atomic E-state index is 13.8. The van der Waals surface area contributed by atoms with E-state index in [1.807, 2.05) is 0 Å². The Morgan fingerprint density at radius 3 is 2.71 bits per heavy atom. The van der Waals surface area contributed by atoms with Gasteiger partial charge in [-0.2, -0.15) is 5.26 Å². The van der Waals surface area contributed by atoms with Gasteiger partial charge in [-0.25, -0.2) is 9.18 Å². The van der Waals surface area contributed by atoms with Crippen molar-refractivity contribution in [1.82, 2.24) is 0 Å². The molecule has 1 aromatic rings. The largest absolute Gasteiger partial charge is 0.458 e. The summed E-state index contributed by atoms with van der Waals surface area (Å²) in [4.78, 5) is 38.1. The number of rotatable bonds is 3. The van der Waals surface area contributed by atoms with E-state index < -0.39 is 17.9 Å². The summed E-state index contributed by atoms with van der Waals surface area (Å²) in [6.07, 6.45) is 8.99. The Hall–Kier alpha value is -3.07. The minimum absolute atomic E-state index is 0.0320. The highest BCUT2D eigenvalue weighted by Gasteiger charge is 2.63. The zero-order valence-corrected chi connectivity index (χ0v) is 20.3. The van der Waals surface area contributed by atoms with E-state index in [0.29, 0.717) is 25.2 Å². The first kappa shape index (κ1) is 23.7. The summed E-state index contributed by atoms with van der Waals surface area (Å²) in [5, 5.41) is 9.19. The number of hydrogen-bond acceptors (Lipinski definition) is 5. The van der Waals surface area contributed by atoms with Crippen molar-refractivity contribution in [3.05, 3.63) is 58.9 Å². The molecule has 0 aliphatic heterocycles. The third-order valence-electron chi connectivity index (χ3n) is 9.50. The van der Waals surface area contributed by atoms with Crippen LogP contribution in [0.1, 0.15) is 68.8 Å². The molecule has 0 spiro atoms. The molecule has 0 radical (unpaired) electrons. The van der Waals surface area contributed by atoms with Crippen molar-refractivity contribution in [2.75, 3.05) is 0 Å². The molecule has 5 nitrogen and oxygen atoms in total. The van der Waals surface area contributed by atoms with Crippen LogP contribution in [0, 0.1) is 51.6 Å². The van der Waals surface area contributed by atoms with Gasteiger partial charge in [0.2, 0.25) is 0 Å². The minimum Gasteiger partial charge on any atom is -0.458 e. The lowest BCUT2D eigenvalue weighted by Gasteiger charge is -2.58. The molecule has 0 amide bonds. The molecule has 2 fully saturated rings. The number of fused-ring (bicyclic) bond motifs is 5. The Morgan fingerprint density at radius 1 is 1.23 bits per heavy atom. The van der Waals surface area contributed by atoms with Crippen LogP contribution in [-0.2, 0) is 14.3 Å². The van der Waals surface area contributed by atoms with Gasteiger partial charge in [-0.3, -0.25) is 9.59 Å². The van der Waals surface area contributed by atoms with Crippen LogP contribution >= 0.6 is 0 Å². The molecule has 7 atom stereocenters. The van der Waals surface area contributed by atoms with Crippen LogP contribution in [0.3, 0.4) is 0 Å². The molecule has 35 heavy (non-hydrogen) atoms. The van der Waals surface area contributed by atoms with Gasteiger partial charge in [0, 0.05) is 18.3 Å². The van der Waals surface area contributed by atoms with E-state index in [9.17, 15) is 24.0 Å². The molecule has 0 aromatic heterocycles. The van der Waals surface area contributed by atoms with Gasteiger partial charge in [0.25, 0.3) is 0 Å². The summed E-state index contributed by atoms with van der Waals surface area (Å²) in [5.41, 5.74) is 0.283. The maximum Gasteiger partial charge on any atom is 0.338 e. The highest BCUT2D eigenvalue weighted by atomic mass is 19.1. The van der Waals surface area contributed by atoms with E-state index in [1.165, 1.54) is 12.1 Å². The number of carbonyl (C=O) groups excluding carboxylic acids is 3. The predicted molar refractivity (Wildman–Crippen MR) is 126 cm³/mol. The molecule has 6 heteroatoms. The Bertz CT molecular complexity index is 1230. The third kappa shape index (κ3) is 3.59. The van der Waals surface area contributed by atoms with Crippen LogP contribution in [-0.4, -0.2) is 23.6 Å².